The van der Waals surface area contributed by atoms with Crippen molar-refractivity contribution in [2.24, 2.45) is 0 Å². The molecule has 0 spiro atoms. The standard InChI is InChI=1S/C13H25N3O/c1-13(5-3-2-4-6-13)15-12(17)11-16-9-7-14-8-10-16/h14H,2-11H2,1H3,(H,15,17). The molecule has 0 aromatic rings. The van der Waals surface area contributed by atoms with E-state index >= 15 is 0 Å². The van der Waals surface area contributed by atoms with Gasteiger partial charge in [0, 0.05) is 31.7 Å². The molecule has 0 radical (unpaired) electrons. The van der Waals surface area contributed by atoms with Crippen LogP contribution in [0.5, 0.6) is 0 Å². The summed E-state index contributed by atoms with van der Waals surface area (Å²) in [4.78, 5) is 14.2. The van der Waals surface area contributed by atoms with Crippen molar-refractivity contribution in [2.45, 2.75) is 44.6 Å². The van der Waals surface area contributed by atoms with E-state index < -0.39 is 0 Å². The van der Waals surface area contributed by atoms with Gasteiger partial charge in [-0.25, -0.2) is 0 Å². The smallest absolute Gasteiger partial charge is 0.234 e. The molecule has 0 atom stereocenters. The fourth-order valence-electron chi connectivity index (χ4n) is 2.91. The van der Waals surface area contributed by atoms with Gasteiger partial charge in [-0.2, -0.15) is 0 Å². The van der Waals surface area contributed by atoms with E-state index in [1.807, 2.05) is 0 Å². The third-order valence-corrected chi connectivity index (χ3v) is 3.98. The van der Waals surface area contributed by atoms with E-state index in [4.69, 9.17) is 0 Å². The summed E-state index contributed by atoms with van der Waals surface area (Å²) >= 11 is 0. The van der Waals surface area contributed by atoms with E-state index in [-0.39, 0.29) is 11.4 Å². The normalized spacial score (nSPS) is 25.5. The fraction of sp³-hybridized carbons (Fsp3) is 0.923. The van der Waals surface area contributed by atoms with Crippen molar-refractivity contribution in [1.82, 2.24) is 15.5 Å². The van der Waals surface area contributed by atoms with E-state index in [0.717, 1.165) is 39.0 Å². The predicted octanol–water partition coefficient (Wildman–Crippen LogP) is 0.731. The lowest BCUT2D eigenvalue weighted by atomic mass is 9.83. The number of hydrogen-bond donors (Lipinski definition) is 2. The van der Waals surface area contributed by atoms with Crippen molar-refractivity contribution in [2.75, 3.05) is 32.7 Å². The Morgan fingerprint density at radius 2 is 1.88 bits per heavy atom. The van der Waals surface area contributed by atoms with Crippen molar-refractivity contribution in [3.05, 3.63) is 0 Å². The van der Waals surface area contributed by atoms with E-state index in [9.17, 15) is 4.79 Å². The highest BCUT2D eigenvalue weighted by Crippen LogP contribution is 2.27. The van der Waals surface area contributed by atoms with Crippen LogP contribution in [0.15, 0.2) is 0 Å². The molecule has 1 aliphatic carbocycles. The first kappa shape index (κ1) is 12.8. The quantitative estimate of drug-likeness (QED) is 0.763. The summed E-state index contributed by atoms with van der Waals surface area (Å²) in [5.41, 5.74) is 0.0589. The van der Waals surface area contributed by atoms with Gasteiger partial charge in [0.15, 0.2) is 0 Å². The average molecular weight is 239 g/mol. The van der Waals surface area contributed by atoms with E-state index in [2.05, 4.69) is 22.5 Å². The SMILES string of the molecule is CC1(NC(=O)CN2CCNCC2)CCCCC1. The van der Waals surface area contributed by atoms with Gasteiger partial charge in [-0.3, -0.25) is 9.69 Å². The number of carbonyl (C=O) groups excluding carboxylic acids is 1. The number of rotatable bonds is 3. The van der Waals surface area contributed by atoms with Gasteiger partial charge < -0.3 is 10.6 Å². The summed E-state index contributed by atoms with van der Waals surface area (Å²) in [5, 5.41) is 6.54. The fourth-order valence-corrected chi connectivity index (χ4v) is 2.91. The molecule has 1 amide bonds. The third-order valence-electron chi connectivity index (χ3n) is 3.98. The molecule has 0 unspecified atom stereocenters. The Bertz CT molecular complexity index is 255. The number of nitrogens with zero attached hydrogens (tertiary/aromatic N) is 1. The van der Waals surface area contributed by atoms with E-state index in [1.54, 1.807) is 0 Å². The molecule has 1 saturated heterocycles. The molecule has 1 heterocycles. The van der Waals surface area contributed by atoms with Gasteiger partial charge in [0.25, 0.3) is 0 Å². The number of piperazine rings is 1. The number of carbonyl (C=O) groups is 1. The van der Waals surface area contributed by atoms with Crippen molar-refractivity contribution in [3.63, 3.8) is 0 Å². The topological polar surface area (TPSA) is 44.4 Å². The van der Waals surface area contributed by atoms with Gasteiger partial charge in [0.2, 0.25) is 5.91 Å². The van der Waals surface area contributed by atoms with Crippen LogP contribution in [0.2, 0.25) is 0 Å². The Morgan fingerprint density at radius 3 is 2.53 bits per heavy atom. The highest BCUT2D eigenvalue weighted by atomic mass is 16.2. The zero-order chi connectivity index (χ0) is 12.1. The minimum Gasteiger partial charge on any atom is -0.350 e. The van der Waals surface area contributed by atoms with Crippen molar-refractivity contribution in [1.29, 1.82) is 0 Å². The van der Waals surface area contributed by atoms with Crippen LogP contribution in [0.3, 0.4) is 0 Å². The second-order valence-corrected chi connectivity index (χ2v) is 5.70. The molecule has 4 heteroatoms. The molecule has 2 fully saturated rings. The summed E-state index contributed by atoms with van der Waals surface area (Å²) in [7, 11) is 0. The van der Waals surface area contributed by atoms with Crippen LogP contribution >= 0.6 is 0 Å². The lowest BCUT2D eigenvalue weighted by Crippen LogP contribution is -2.53. The molecule has 0 aromatic carbocycles. The van der Waals surface area contributed by atoms with Crippen LogP contribution in [0.25, 0.3) is 0 Å². The van der Waals surface area contributed by atoms with Gasteiger partial charge in [-0.05, 0) is 19.8 Å². The Labute approximate surface area is 104 Å². The second-order valence-electron chi connectivity index (χ2n) is 5.70. The largest absolute Gasteiger partial charge is 0.350 e. The zero-order valence-electron chi connectivity index (χ0n) is 10.9. The molecule has 2 N–H and O–H groups in total. The molecule has 4 nitrogen and oxygen atoms in total. The molecule has 2 aliphatic rings. The number of hydrogen-bond acceptors (Lipinski definition) is 3. The molecule has 17 heavy (non-hydrogen) atoms. The third kappa shape index (κ3) is 3.96. The van der Waals surface area contributed by atoms with E-state index in [0.29, 0.717) is 6.54 Å². The van der Waals surface area contributed by atoms with Gasteiger partial charge in [-0.1, -0.05) is 19.3 Å². The van der Waals surface area contributed by atoms with Gasteiger partial charge in [0.05, 0.1) is 6.54 Å². The molecule has 2 rings (SSSR count). The van der Waals surface area contributed by atoms with Gasteiger partial charge >= 0.3 is 0 Å². The van der Waals surface area contributed by atoms with Crippen LogP contribution in [0.4, 0.5) is 0 Å². The summed E-state index contributed by atoms with van der Waals surface area (Å²) in [5.74, 6) is 0.205. The van der Waals surface area contributed by atoms with E-state index in [1.165, 1.54) is 19.3 Å². The summed E-state index contributed by atoms with van der Waals surface area (Å²) in [6, 6.07) is 0. The monoisotopic (exact) mass is 239 g/mol. The minimum atomic E-state index is 0.0589. The Hall–Kier alpha value is -0.610. The Balaban J connectivity index is 1.75. The van der Waals surface area contributed by atoms with Crippen molar-refractivity contribution < 1.29 is 4.79 Å². The van der Waals surface area contributed by atoms with Gasteiger partial charge in [0.1, 0.15) is 0 Å². The number of amides is 1. The summed E-state index contributed by atoms with van der Waals surface area (Å²) in [6.07, 6.45) is 6.11. The first-order valence-electron chi connectivity index (χ1n) is 6.92. The first-order valence-corrected chi connectivity index (χ1v) is 6.92. The highest BCUT2D eigenvalue weighted by Gasteiger charge is 2.28. The summed E-state index contributed by atoms with van der Waals surface area (Å²) in [6.45, 7) is 6.75. The lowest BCUT2D eigenvalue weighted by Gasteiger charge is -2.35. The van der Waals surface area contributed by atoms with Crippen LogP contribution in [0, 0.1) is 0 Å². The average Bonchev–Trinajstić information content (AvgIpc) is 2.30. The zero-order valence-corrected chi connectivity index (χ0v) is 10.9. The molecule has 0 bridgehead atoms. The molecular weight excluding hydrogens is 214 g/mol. The maximum absolute atomic E-state index is 12.0. The Kier molecular flexibility index (Phi) is 4.40. The van der Waals surface area contributed by atoms with Crippen LogP contribution in [0.1, 0.15) is 39.0 Å². The Morgan fingerprint density at radius 1 is 1.24 bits per heavy atom. The maximum atomic E-state index is 12.0. The highest BCUT2D eigenvalue weighted by molar-refractivity contribution is 5.78. The summed E-state index contributed by atoms with van der Waals surface area (Å²) < 4.78 is 0. The van der Waals surface area contributed by atoms with Crippen LogP contribution in [-0.2, 0) is 4.79 Å². The molecule has 1 aliphatic heterocycles. The molecule has 1 saturated carbocycles. The first-order chi connectivity index (χ1) is 8.18. The van der Waals surface area contributed by atoms with Crippen LogP contribution in [-0.4, -0.2) is 49.1 Å². The number of nitrogens with one attached hydrogen (secondary N) is 2. The molecule has 0 aromatic heterocycles. The van der Waals surface area contributed by atoms with Crippen LogP contribution < -0.4 is 10.6 Å². The minimum absolute atomic E-state index is 0.0589. The van der Waals surface area contributed by atoms with Crippen molar-refractivity contribution in [3.8, 4) is 0 Å². The van der Waals surface area contributed by atoms with Crippen molar-refractivity contribution >= 4 is 5.91 Å². The lowest BCUT2D eigenvalue weighted by molar-refractivity contribution is -0.124. The predicted molar refractivity (Wildman–Crippen MR) is 68.9 cm³/mol. The molecular formula is C13H25N3O. The maximum Gasteiger partial charge on any atom is 0.234 e. The second kappa shape index (κ2) is 5.83. The van der Waals surface area contributed by atoms with Gasteiger partial charge in [-0.15, -0.1) is 0 Å². The molecule has 98 valence electrons.